The average molecular weight is 376 g/mol. The third kappa shape index (κ3) is 5.28. The maximum atomic E-state index is 12.9. The van der Waals surface area contributed by atoms with Crippen molar-refractivity contribution in [2.24, 2.45) is 0 Å². The summed E-state index contributed by atoms with van der Waals surface area (Å²) in [6.07, 6.45) is 1.70. The van der Waals surface area contributed by atoms with Crippen LogP contribution in [0.2, 0.25) is 0 Å². The first kappa shape index (κ1) is 19.8. The number of amides is 1. The van der Waals surface area contributed by atoms with Crippen LogP contribution in [0.1, 0.15) is 46.1 Å². The Morgan fingerprint density at radius 2 is 1.85 bits per heavy atom. The van der Waals surface area contributed by atoms with Crippen molar-refractivity contribution < 1.29 is 19.0 Å². The number of piperidine rings is 1. The van der Waals surface area contributed by atoms with E-state index in [-0.39, 0.29) is 12.1 Å². The molecule has 0 aliphatic carbocycles. The fourth-order valence-corrected chi connectivity index (χ4v) is 3.59. The molecule has 2 aliphatic heterocycles. The van der Waals surface area contributed by atoms with Crippen molar-refractivity contribution in [2.45, 2.75) is 58.7 Å². The molecule has 6 heteroatoms. The second kappa shape index (κ2) is 8.38. The van der Waals surface area contributed by atoms with Crippen molar-refractivity contribution in [3.63, 3.8) is 0 Å². The number of carbonyl (C=O) groups excluding carboxylic acids is 1. The lowest BCUT2D eigenvalue weighted by atomic mass is 10.0. The molecular weight excluding hydrogens is 344 g/mol. The summed E-state index contributed by atoms with van der Waals surface area (Å²) >= 11 is 0. The molecule has 0 radical (unpaired) electrons. The van der Waals surface area contributed by atoms with Gasteiger partial charge in [0.2, 0.25) is 0 Å². The van der Waals surface area contributed by atoms with Crippen molar-refractivity contribution >= 4 is 6.09 Å². The minimum absolute atomic E-state index is 0.191. The molecule has 1 fully saturated rings. The van der Waals surface area contributed by atoms with Crippen molar-refractivity contribution in [2.75, 3.05) is 32.8 Å². The molecule has 0 bridgehead atoms. The van der Waals surface area contributed by atoms with E-state index in [1.165, 1.54) is 0 Å². The fraction of sp³-hybridized carbons (Fsp3) is 0.667. The Bertz CT molecular complexity index is 648. The van der Waals surface area contributed by atoms with Gasteiger partial charge in [-0.15, -0.1) is 0 Å². The summed E-state index contributed by atoms with van der Waals surface area (Å²) in [5.74, 6) is 1.52. The maximum Gasteiger partial charge on any atom is 0.410 e. The van der Waals surface area contributed by atoms with Crippen LogP contribution in [-0.4, -0.2) is 60.4 Å². The van der Waals surface area contributed by atoms with Crippen LogP contribution < -0.4 is 9.47 Å². The van der Waals surface area contributed by atoms with Crippen LogP contribution >= 0.6 is 0 Å². The number of rotatable bonds is 4. The Labute approximate surface area is 162 Å². The number of likely N-dealkylation sites (tertiary alicyclic amines) is 1. The van der Waals surface area contributed by atoms with Gasteiger partial charge in [0, 0.05) is 25.7 Å². The highest BCUT2D eigenvalue weighted by Gasteiger charge is 2.31. The minimum Gasteiger partial charge on any atom is -0.486 e. The van der Waals surface area contributed by atoms with Gasteiger partial charge in [-0.05, 0) is 57.9 Å². The van der Waals surface area contributed by atoms with Gasteiger partial charge < -0.3 is 24.0 Å². The van der Waals surface area contributed by atoms with Crippen LogP contribution in [0.15, 0.2) is 18.2 Å². The van der Waals surface area contributed by atoms with E-state index in [0.717, 1.165) is 49.5 Å². The monoisotopic (exact) mass is 376 g/mol. The lowest BCUT2D eigenvalue weighted by Crippen LogP contribution is -2.48. The van der Waals surface area contributed by atoms with Gasteiger partial charge in [0.15, 0.2) is 11.5 Å². The summed E-state index contributed by atoms with van der Waals surface area (Å²) in [5.41, 5.74) is 0.523. The molecule has 1 aromatic rings. The standard InChI is InChI=1S/C21H32N2O4/c1-5-22-10-8-17(9-11-22)23(20(24)27-21(2,3)4)15-16-6-7-18-19(14-16)26-13-12-25-18/h6-7,14,17H,5,8-13,15H2,1-4H3. The third-order valence-electron chi connectivity index (χ3n) is 5.03. The molecule has 2 aliphatic rings. The summed E-state index contributed by atoms with van der Waals surface area (Å²) in [5, 5.41) is 0. The summed E-state index contributed by atoms with van der Waals surface area (Å²) < 4.78 is 17.0. The largest absolute Gasteiger partial charge is 0.486 e. The first-order valence-corrected chi connectivity index (χ1v) is 9.96. The molecule has 0 saturated carbocycles. The van der Waals surface area contributed by atoms with Crippen LogP contribution in [0.25, 0.3) is 0 Å². The molecule has 1 amide bonds. The van der Waals surface area contributed by atoms with E-state index in [2.05, 4.69) is 11.8 Å². The van der Waals surface area contributed by atoms with Gasteiger partial charge in [0.05, 0.1) is 0 Å². The predicted molar refractivity (Wildman–Crippen MR) is 104 cm³/mol. The quantitative estimate of drug-likeness (QED) is 0.802. The highest BCUT2D eigenvalue weighted by atomic mass is 16.6. The van der Waals surface area contributed by atoms with E-state index < -0.39 is 5.60 Å². The van der Waals surface area contributed by atoms with Crippen LogP contribution in [0.4, 0.5) is 4.79 Å². The zero-order chi connectivity index (χ0) is 19.4. The molecule has 0 unspecified atom stereocenters. The topological polar surface area (TPSA) is 51.2 Å². The molecule has 1 aromatic carbocycles. The molecule has 3 rings (SSSR count). The summed E-state index contributed by atoms with van der Waals surface area (Å²) in [4.78, 5) is 17.3. The van der Waals surface area contributed by atoms with Crippen LogP contribution in [-0.2, 0) is 11.3 Å². The SMILES string of the molecule is CCN1CCC(N(Cc2ccc3c(c2)OCCO3)C(=O)OC(C)(C)C)CC1. The van der Waals surface area contributed by atoms with E-state index in [4.69, 9.17) is 14.2 Å². The Morgan fingerprint density at radius 1 is 1.19 bits per heavy atom. The predicted octanol–water partition coefficient (Wildman–Crippen LogP) is 3.68. The Hall–Kier alpha value is -1.95. The number of carbonyl (C=O) groups is 1. The van der Waals surface area contributed by atoms with Crippen molar-refractivity contribution in [3.8, 4) is 11.5 Å². The lowest BCUT2D eigenvalue weighted by Gasteiger charge is -2.39. The van der Waals surface area contributed by atoms with Crippen molar-refractivity contribution in [1.82, 2.24) is 9.80 Å². The van der Waals surface area contributed by atoms with Crippen molar-refractivity contribution in [1.29, 1.82) is 0 Å². The maximum absolute atomic E-state index is 12.9. The second-order valence-electron chi connectivity index (χ2n) is 8.25. The first-order valence-electron chi connectivity index (χ1n) is 9.96. The highest BCUT2D eigenvalue weighted by Crippen LogP contribution is 2.32. The molecule has 1 saturated heterocycles. The zero-order valence-electron chi connectivity index (χ0n) is 17.0. The van der Waals surface area contributed by atoms with E-state index in [0.29, 0.717) is 19.8 Å². The van der Waals surface area contributed by atoms with Crippen LogP contribution in [0, 0.1) is 0 Å². The molecule has 0 atom stereocenters. The number of fused-ring (bicyclic) bond motifs is 1. The molecular formula is C21H32N2O4. The van der Waals surface area contributed by atoms with Gasteiger partial charge in [0.25, 0.3) is 0 Å². The average Bonchev–Trinajstić information content (AvgIpc) is 2.64. The van der Waals surface area contributed by atoms with Gasteiger partial charge in [0.1, 0.15) is 18.8 Å². The van der Waals surface area contributed by atoms with Crippen LogP contribution in [0.5, 0.6) is 11.5 Å². The lowest BCUT2D eigenvalue weighted by molar-refractivity contribution is 0.00601. The van der Waals surface area contributed by atoms with E-state index in [1.54, 1.807) is 0 Å². The van der Waals surface area contributed by atoms with E-state index in [9.17, 15) is 4.79 Å². The van der Waals surface area contributed by atoms with Gasteiger partial charge in [-0.25, -0.2) is 4.79 Å². The number of benzene rings is 1. The third-order valence-corrected chi connectivity index (χ3v) is 5.03. The van der Waals surface area contributed by atoms with Gasteiger partial charge in [-0.2, -0.15) is 0 Å². The van der Waals surface area contributed by atoms with Gasteiger partial charge >= 0.3 is 6.09 Å². The molecule has 0 spiro atoms. The normalized spacial score (nSPS) is 18.2. The van der Waals surface area contributed by atoms with Crippen LogP contribution in [0.3, 0.4) is 0 Å². The number of hydrogen-bond acceptors (Lipinski definition) is 5. The minimum atomic E-state index is -0.508. The molecule has 0 N–H and O–H groups in total. The van der Waals surface area contributed by atoms with Gasteiger partial charge in [-0.1, -0.05) is 13.0 Å². The van der Waals surface area contributed by atoms with E-state index in [1.807, 2.05) is 43.9 Å². The first-order chi connectivity index (χ1) is 12.9. The smallest absolute Gasteiger partial charge is 0.410 e. The molecule has 0 aromatic heterocycles. The highest BCUT2D eigenvalue weighted by molar-refractivity contribution is 5.68. The Kier molecular flexibility index (Phi) is 6.15. The summed E-state index contributed by atoms with van der Waals surface area (Å²) in [6.45, 7) is 12.6. The van der Waals surface area contributed by atoms with Crippen molar-refractivity contribution in [3.05, 3.63) is 23.8 Å². The molecule has 2 heterocycles. The second-order valence-corrected chi connectivity index (χ2v) is 8.25. The molecule has 150 valence electrons. The number of hydrogen-bond donors (Lipinski definition) is 0. The molecule has 27 heavy (non-hydrogen) atoms. The van der Waals surface area contributed by atoms with Gasteiger partial charge in [-0.3, -0.25) is 0 Å². The zero-order valence-corrected chi connectivity index (χ0v) is 17.0. The fourth-order valence-electron chi connectivity index (χ4n) is 3.59. The number of nitrogens with zero attached hydrogens (tertiary/aromatic N) is 2. The van der Waals surface area contributed by atoms with E-state index >= 15 is 0 Å². The Balaban J connectivity index is 1.76. The summed E-state index contributed by atoms with van der Waals surface area (Å²) in [6, 6.07) is 6.10. The Morgan fingerprint density at radius 3 is 2.48 bits per heavy atom. The summed E-state index contributed by atoms with van der Waals surface area (Å²) in [7, 11) is 0. The number of ether oxygens (including phenoxy) is 3. The molecule has 6 nitrogen and oxygen atoms in total.